The van der Waals surface area contributed by atoms with Crippen LogP contribution < -0.4 is 20.1 Å². The van der Waals surface area contributed by atoms with E-state index >= 15 is 0 Å². The first kappa shape index (κ1) is 21.5. The lowest BCUT2D eigenvalue weighted by Gasteiger charge is -2.27. The highest BCUT2D eigenvalue weighted by atomic mass is 32.2. The molecule has 172 valence electrons. The molecule has 1 aromatic carbocycles. The average Bonchev–Trinajstić information content (AvgIpc) is 2.71. The van der Waals surface area contributed by atoms with Crippen LogP contribution in [0.3, 0.4) is 0 Å². The van der Waals surface area contributed by atoms with E-state index in [9.17, 15) is 26.4 Å². The number of amidine groups is 1. The molecule has 0 radical (unpaired) electrons. The molecule has 0 spiro atoms. The predicted molar refractivity (Wildman–Crippen MR) is 119 cm³/mol. The first-order valence-corrected chi connectivity index (χ1v) is 12.9. The number of anilines is 3. The Bertz CT molecular complexity index is 1430. The van der Waals surface area contributed by atoms with Gasteiger partial charge in [-0.25, -0.2) is 4.98 Å². The molecule has 1 saturated carbocycles. The highest BCUT2D eigenvalue weighted by molar-refractivity contribution is 7.91. The molecule has 1 amide bonds. The fourth-order valence-corrected chi connectivity index (χ4v) is 6.06. The van der Waals surface area contributed by atoms with Crippen molar-refractivity contribution in [1.29, 1.82) is 0 Å². The Morgan fingerprint density at radius 3 is 2.61 bits per heavy atom. The number of nitrogens with zero attached hydrogens (tertiary/aromatic N) is 2. The van der Waals surface area contributed by atoms with Crippen molar-refractivity contribution in [3.8, 4) is 0 Å². The number of carbonyl (C=O) groups is 2. The Hall–Kier alpha value is -3.36. The van der Waals surface area contributed by atoms with Crippen molar-refractivity contribution in [3.63, 3.8) is 0 Å². The van der Waals surface area contributed by atoms with E-state index in [-0.39, 0.29) is 39.5 Å². The lowest BCUT2D eigenvalue weighted by Crippen LogP contribution is -2.44. The molecule has 1 unspecified atom stereocenters. The van der Waals surface area contributed by atoms with E-state index in [1.165, 1.54) is 30.5 Å². The summed E-state index contributed by atoms with van der Waals surface area (Å²) in [5.74, 6) is -3.16. The van der Waals surface area contributed by atoms with Crippen LogP contribution in [0.4, 0.5) is 17.2 Å². The van der Waals surface area contributed by atoms with Crippen molar-refractivity contribution >= 4 is 55.0 Å². The number of fused-ring (bicyclic) bond motifs is 2. The molecule has 1 aliphatic carbocycles. The van der Waals surface area contributed by atoms with Gasteiger partial charge in [0.15, 0.2) is 11.7 Å². The molecule has 33 heavy (non-hydrogen) atoms. The quantitative estimate of drug-likeness (QED) is 0.446. The van der Waals surface area contributed by atoms with Gasteiger partial charge in [0.25, 0.3) is 20.2 Å². The Morgan fingerprint density at radius 2 is 1.88 bits per heavy atom. The van der Waals surface area contributed by atoms with Gasteiger partial charge in [0.05, 0.1) is 16.9 Å². The summed E-state index contributed by atoms with van der Waals surface area (Å²) in [6, 6.07) is 6.68. The Morgan fingerprint density at radius 1 is 1.09 bits per heavy atom. The lowest BCUT2D eigenvalue weighted by atomic mass is 9.92. The topological polar surface area (TPSA) is 176 Å². The fraction of sp³-hybridized carbons (Fsp3) is 0.263. The number of benzene rings is 1. The Kier molecular flexibility index (Phi) is 4.95. The minimum atomic E-state index is -4.34. The highest BCUT2D eigenvalue weighted by Crippen LogP contribution is 2.33. The van der Waals surface area contributed by atoms with Gasteiger partial charge in [-0.15, -0.1) is 4.40 Å². The summed E-state index contributed by atoms with van der Waals surface area (Å²) in [5.41, 5.74) is 0.224. The van der Waals surface area contributed by atoms with Gasteiger partial charge in [0.2, 0.25) is 5.91 Å². The van der Waals surface area contributed by atoms with Crippen LogP contribution in [-0.2, 0) is 25.0 Å². The van der Waals surface area contributed by atoms with Gasteiger partial charge in [-0.1, -0.05) is 6.42 Å². The van der Waals surface area contributed by atoms with Crippen LogP contribution >= 0.6 is 0 Å². The summed E-state index contributed by atoms with van der Waals surface area (Å²) in [5, 5.41) is 5.21. The van der Waals surface area contributed by atoms with Crippen molar-refractivity contribution in [2.75, 3.05) is 15.4 Å². The summed E-state index contributed by atoms with van der Waals surface area (Å²) in [4.78, 5) is 29.1. The fourth-order valence-electron chi connectivity index (χ4n) is 3.71. The molecule has 1 fully saturated rings. The highest BCUT2D eigenvalue weighted by Gasteiger charge is 2.42. The first-order chi connectivity index (χ1) is 15.6. The standard InChI is InChI=1S/C19H18N6O6S2/c26-16-12-5-2-8-20-17(12)22-19(27)15(16)18-21-13-7-6-11(9-14(13)32(28,29)25-18)24-33(30,31)23-10-3-1-4-10/h2,5-10,15,23-24H,1,3-4H2,(H,21,25)(H,20,22,27). The number of Topliss-reactive ketones (excluding diaryl/α,β-unsaturated/α-hetero) is 1. The molecule has 3 aliphatic rings. The third-order valence-corrected chi connectivity index (χ3v) is 8.01. The smallest absolute Gasteiger partial charge is 0.299 e. The van der Waals surface area contributed by atoms with E-state index < -0.39 is 37.8 Å². The van der Waals surface area contributed by atoms with Gasteiger partial charge in [-0.3, -0.25) is 14.3 Å². The van der Waals surface area contributed by atoms with Crippen LogP contribution in [0.25, 0.3) is 0 Å². The van der Waals surface area contributed by atoms with Gasteiger partial charge in [0, 0.05) is 12.2 Å². The number of nitrogens with one attached hydrogen (secondary N) is 4. The molecule has 5 rings (SSSR count). The summed E-state index contributed by atoms with van der Waals surface area (Å²) < 4.78 is 58.7. The van der Waals surface area contributed by atoms with Crippen molar-refractivity contribution in [3.05, 3.63) is 42.1 Å². The largest absolute Gasteiger partial charge is 0.341 e. The molecule has 3 heterocycles. The number of aromatic nitrogens is 1. The molecule has 1 atom stereocenters. The SMILES string of the molecule is O=C1Nc2ncccc2C(=O)C1C1=NS(=O)(=O)c2cc(NS(=O)(=O)NC3CCC3)ccc2N1. The third-order valence-electron chi connectivity index (χ3n) is 5.53. The maximum absolute atomic E-state index is 12.9. The van der Waals surface area contributed by atoms with E-state index in [4.69, 9.17) is 0 Å². The van der Waals surface area contributed by atoms with Crippen LogP contribution in [0.15, 0.2) is 45.8 Å². The molecule has 0 saturated heterocycles. The number of ketones is 1. The van der Waals surface area contributed by atoms with Gasteiger partial charge in [-0.05, 0) is 43.2 Å². The van der Waals surface area contributed by atoms with Crippen molar-refractivity contribution in [1.82, 2.24) is 9.71 Å². The zero-order valence-corrected chi connectivity index (χ0v) is 18.5. The third kappa shape index (κ3) is 3.96. The lowest BCUT2D eigenvalue weighted by molar-refractivity contribution is -0.117. The van der Waals surface area contributed by atoms with Crippen LogP contribution in [0, 0.1) is 5.92 Å². The Labute approximate surface area is 189 Å². The summed E-state index contributed by atoms with van der Waals surface area (Å²) in [6.07, 6.45) is 3.85. The van der Waals surface area contributed by atoms with E-state index in [1.807, 2.05) is 0 Å². The average molecular weight is 491 g/mol. The normalized spacial score (nSPS) is 21.6. The molecule has 2 aromatic rings. The number of rotatable bonds is 5. The Balaban J connectivity index is 1.44. The molecular formula is C19H18N6O6S2. The second-order valence-corrected chi connectivity index (χ2v) is 10.8. The van der Waals surface area contributed by atoms with Crippen LogP contribution in [-0.4, -0.2) is 45.4 Å². The van der Waals surface area contributed by atoms with E-state index in [1.54, 1.807) is 0 Å². The van der Waals surface area contributed by atoms with Crippen molar-refractivity contribution in [2.24, 2.45) is 10.3 Å². The van der Waals surface area contributed by atoms with Gasteiger partial charge >= 0.3 is 0 Å². The molecule has 0 bridgehead atoms. The minimum absolute atomic E-state index is 0.0242. The maximum Gasteiger partial charge on any atom is 0.299 e. The van der Waals surface area contributed by atoms with Gasteiger partial charge < -0.3 is 10.6 Å². The zero-order valence-electron chi connectivity index (χ0n) is 16.9. The van der Waals surface area contributed by atoms with E-state index in [0.717, 1.165) is 25.3 Å². The number of pyridine rings is 1. The van der Waals surface area contributed by atoms with Crippen LogP contribution in [0.2, 0.25) is 0 Å². The summed E-state index contributed by atoms with van der Waals surface area (Å²) >= 11 is 0. The van der Waals surface area contributed by atoms with Crippen LogP contribution in [0.1, 0.15) is 29.6 Å². The van der Waals surface area contributed by atoms with Crippen molar-refractivity contribution < 1.29 is 26.4 Å². The second-order valence-electron chi connectivity index (χ2n) is 7.82. The van der Waals surface area contributed by atoms with Gasteiger partial charge in [0.1, 0.15) is 16.5 Å². The number of sulfonamides is 1. The summed E-state index contributed by atoms with van der Waals surface area (Å²) in [7, 11) is -8.22. The number of hydrogen-bond donors (Lipinski definition) is 4. The van der Waals surface area contributed by atoms with Crippen molar-refractivity contribution in [2.45, 2.75) is 30.2 Å². The molecular weight excluding hydrogens is 472 g/mol. The predicted octanol–water partition coefficient (Wildman–Crippen LogP) is 0.844. The van der Waals surface area contributed by atoms with Gasteiger partial charge in [-0.2, -0.15) is 21.6 Å². The molecule has 2 aliphatic heterocycles. The van der Waals surface area contributed by atoms with E-state index in [0.29, 0.717) is 0 Å². The minimum Gasteiger partial charge on any atom is -0.341 e. The van der Waals surface area contributed by atoms with Crippen LogP contribution in [0.5, 0.6) is 0 Å². The number of carbonyl (C=O) groups excluding carboxylic acids is 2. The molecule has 4 N–H and O–H groups in total. The number of amides is 1. The number of hydrogen-bond acceptors (Lipinski definition) is 8. The maximum atomic E-state index is 12.9. The molecule has 1 aromatic heterocycles. The monoisotopic (exact) mass is 490 g/mol. The zero-order chi connectivity index (χ0) is 23.4. The first-order valence-electron chi connectivity index (χ1n) is 9.99. The molecule has 12 nitrogen and oxygen atoms in total. The summed E-state index contributed by atoms with van der Waals surface area (Å²) in [6.45, 7) is 0. The molecule has 14 heteroatoms. The second kappa shape index (κ2) is 7.60. The van der Waals surface area contributed by atoms with E-state index in [2.05, 4.69) is 29.5 Å².